The number of amides is 1. The van der Waals surface area contributed by atoms with Crippen molar-refractivity contribution < 1.29 is 19.1 Å². The molecule has 0 radical (unpaired) electrons. The number of methoxy groups -OCH3 is 1. The van der Waals surface area contributed by atoms with Gasteiger partial charge in [-0.2, -0.15) is 0 Å². The zero-order chi connectivity index (χ0) is 19.1. The van der Waals surface area contributed by atoms with Gasteiger partial charge in [0.15, 0.2) is 12.3 Å². The van der Waals surface area contributed by atoms with Gasteiger partial charge in [-0.15, -0.1) is 17.5 Å². The maximum Gasteiger partial charge on any atom is 0.343 e. The molecule has 152 valence electrons. The topological polar surface area (TPSA) is 107 Å². The summed E-state index contributed by atoms with van der Waals surface area (Å²) in [7, 11) is 1.30. The van der Waals surface area contributed by atoms with Crippen LogP contribution in [0.3, 0.4) is 0 Å². The molecular formula is C18H24ClN5O4. The number of piperidine rings is 1. The number of nitrogens with one attached hydrogen (secondary N) is 2. The minimum atomic E-state index is -0.453. The third kappa shape index (κ3) is 5.93. The van der Waals surface area contributed by atoms with Crippen LogP contribution in [0.5, 0.6) is 5.75 Å². The molecule has 2 N–H and O–H groups in total. The fraction of sp³-hybridized carbons (Fsp3) is 0.444. The van der Waals surface area contributed by atoms with E-state index in [1.54, 1.807) is 29.1 Å². The van der Waals surface area contributed by atoms with Crippen molar-refractivity contribution in [2.24, 2.45) is 0 Å². The van der Waals surface area contributed by atoms with Crippen LogP contribution in [0.25, 0.3) is 0 Å². The predicted molar refractivity (Wildman–Crippen MR) is 104 cm³/mol. The molecule has 1 aromatic heterocycles. The van der Waals surface area contributed by atoms with Crippen molar-refractivity contribution in [3.63, 3.8) is 0 Å². The summed E-state index contributed by atoms with van der Waals surface area (Å²) in [5.74, 6) is -0.203. The number of benzene rings is 1. The summed E-state index contributed by atoms with van der Waals surface area (Å²) in [6.45, 7) is 2.04. The van der Waals surface area contributed by atoms with E-state index in [1.165, 1.54) is 7.11 Å². The van der Waals surface area contributed by atoms with E-state index in [0.717, 1.165) is 31.5 Å². The summed E-state index contributed by atoms with van der Waals surface area (Å²) in [6, 6.07) is 7.43. The molecule has 2 heterocycles. The molecule has 0 saturated carbocycles. The Morgan fingerprint density at radius 3 is 2.86 bits per heavy atom. The maximum atomic E-state index is 12.3. The molecule has 1 saturated heterocycles. The molecule has 3 rings (SSSR count). The highest BCUT2D eigenvalue weighted by Gasteiger charge is 2.18. The summed E-state index contributed by atoms with van der Waals surface area (Å²) in [6.07, 6.45) is 3.65. The number of aromatic nitrogens is 3. The lowest BCUT2D eigenvalue weighted by Crippen LogP contribution is -2.29. The number of esters is 1. The Morgan fingerprint density at radius 2 is 2.11 bits per heavy atom. The quantitative estimate of drug-likeness (QED) is 0.659. The number of nitrogens with zero attached hydrogens (tertiary/aromatic N) is 3. The van der Waals surface area contributed by atoms with E-state index in [1.807, 2.05) is 6.07 Å². The summed E-state index contributed by atoms with van der Waals surface area (Å²) in [4.78, 5) is 23.5. The van der Waals surface area contributed by atoms with Crippen LogP contribution < -0.4 is 15.4 Å². The molecule has 0 atom stereocenters. The van der Waals surface area contributed by atoms with Crippen LogP contribution in [0.1, 0.15) is 34.9 Å². The van der Waals surface area contributed by atoms with Crippen LogP contribution in [-0.4, -0.2) is 53.7 Å². The van der Waals surface area contributed by atoms with Gasteiger partial charge in [0.25, 0.3) is 5.91 Å². The van der Waals surface area contributed by atoms with Crippen LogP contribution in [0.2, 0.25) is 0 Å². The van der Waals surface area contributed by atoms with E-state index < -0.39 is 5.97 Å². The van der Waals surface area contributed by atoms with Gasteiger partial charge < -0.3 is 20.1 Å². The second-order valence-corrected chi connectivity index (χ2v) is 6.26. The van der Waals surface area contributed by atoms with E-state index >= 15 is 0 Å². The van der Waals surface area contributed by atoms with Crippen LogP contribution in [0.15, 0.2) is 30.5 Å². The maximum absolute atomic E-state index is 12.3. The second kappa shape index (κ2) is 10.6. The highest BCUT2D eigenvalue weighted by molar-refractivity contribution is 5.91. The fourth-order valence-corrected chi connectivity index (χ4v) is 2.85. The summed E-state index contributed by atoms with van der Waals surface area (Å²) < 4.78 is 11.7. The first-order valence-corrected chi connectivity index (χ1v) is 8.85. The van der Waals surface area contributed by atoms with E-state index in [-0.39, 0.29) is 31.0 Å². The van der Waals surface area contributed by atoms with Crippen molar-refractivity contribution in [1.29, 1.82) is 0 Å². The van der Waals surface area contributed by atoms with Crippen LogP contribution in [-0.2, 0) is 16.1 Å². The minimum Gasteiger partial charge on any atom is -0.482 e. The smallest absolute Gasteiger partial charge is 0.343 e. The van der Waals surface area contributed by atoms with Crippen molar-refractivity contribution in [2.75, 3.05) is 26.8 Å². The first kappa shape index (κ1) is 21.6. The highest BCUT2D eigenvalue weighted by Crippen LogP contribution is 2.17. The summed E-state index contributed by atoms with van der Waals surface area (Å²) >= 11 is 0. The number of halogens is 1. The Labute approximate surface area is 169 Å². The number of carbonyl (C=O) groups is 2. The molecule has 9 nitrogen and oxygen atoms in total. The normalized spacial score (nSPS) is 14.0. The number of rotatable bonds is 7. The van der Waals surface area contributed by atoms with Gasteiger partial charge in [0.05, 0.1) is 19.3 Å². The molecule has 0 unspecified atom stereocenters. The molecule has 1 aliphatic rings. The fourth-order valence-electron chi connectivity index (χ4n) is 2.85. The van der Waals surface area contributed by atoms with Gasteiger partial charge in [0.1, 0.15) is 5.75 Å². The Balaban J connectivity index is 0.00000280. The Bertz CT molecular complexity index is 792. The number of carbonyl (C=O) groups excluding carboxylic acids is 2. The molecule has 28 heavy (non-hydrogen) atoms. The lowest BCUT2D eigenvalue weighted by Gasteiger charge is -2.22. The molecule has 1 aromatic carbocycles. The van der Waals surface area contributed by atoms with Gasteiger partial charge >= 0.3 is 5.97 Å². The molecule has 1 fully saturated rings. The van der Waals surface area contributed by atoms with Crippen molar-refractivity contribution in [3.05, 3.63) is 41.7 Å². The van der Waals surface area contributed by atoms with E-state index in [4.69, 9.17) is 4.74 Å². The van der Waals surface area contributed by atoms with Crippen LogP contribution in [0.4, 0.5) is 0 Å². The molecule has 10 heteroatoms. The zero-order valence-electron chi connectivity index (χ0n) is 15.6. The molecule has 1 amide bonds. The van der Waals surface area contributed by atoms with Gasteiger partial charge in [0.2, 0.25) is 0 Å². The Morgan fingerprint density at radius 1 is 1.32 bits per heavy atom. The molecule has 1 aliphatic heterocycles. The van der Waals surface area contributed by atoms with E-state index in [9.17, 15) is 9.59 Å². The highest BCUT2D eigenvalue weighted by atomic mass is 35.5. The average Bonchev–Trinajstić information content (AvgIpc) is 3.21. The van der Waals surface area contributed by atoms with Gasteiger partial charge in [-0.3, -0.25) is 4.79 Å². The van der Waals surface area contributed by atoms with Crippen molar-refractivity contribution in [1.82, 2.24) is 25.6 Å². The zero-order valence-corrected chi connectivity index (χ0v) is 16.4. The lowest BCUT2D eigenvalue weighted by molar-refractivity contribution is -0.142. The van der Waals surface area contributed by atoms with Crippen LogP contribution in [0, 0.1) is 0 Å². The largest absolute Gasteiger partial charge is 0.482 e. The predicted octanol–water partition coefficient (Wildman–Crippen LogP) is 1.11. The minimum absolute atomic E-state index is 0. The van der Waals surface area contributed by atoms with Crippen LogP contribution >= 0.6 is 12.4 Å². The van der Waals surface area contributed by atoms with Gasteiger partial charge in [-0.1, -0.05) is 17.3 Å². The van der Waals surface area contributed by atoms with Crippen molar-refractivity contribution >= 4 is 24.3 Å². The Hall–Kier alpha value is -2.65. The SMILES string of the molecule is COC(=O)COc1cccc(CNC(=O)c2cn(C3CCNCC3)nn2)c1.Cl. The third-order valence-electron chi connectivity index (χ3n) is 4.36. The van der Waals surface area contributed by atoms with Crippen molar-refractivity contribution in [2.45, 2.75) is 25.4 Å². The summed E-state index contributed by atoms with van der Waals surface area (Å²) in [5.41, 5.74) is 1.14. The molecular weight excluding hydrogens is 386 g/mol. The first-order valence-electron chi connectivity index (χ1n) is 8.85. The van der Waals surface area contributed by atoms with Gasteiger partial charge in [0, 0.05) is 6.54 Å². The Kier molecular flexibility index (Phi) is 8.21. The second-order valence-electron chi connectivity index (χ2n) is 6.26. The molecule has 0 aliphatic carbocycles. The average molecular weight is 410 g/mol. The van der Waals surface area contributed by atoms with E-state index in [2.05, 4.69) is 25.7 Å². The molecule has 2 aromatic rings. The summed E-state index contributed by atoms with van der Waals surface area (Å²) in [5, 5.41) is 14.2. The lowest BCUT2D eigenvalue weighted by atomic mass is 10.1. The monoisotopic (exact) mass is 409 g/mol. The van der Waals surface area contributed by atoms with Crippen molar-refractivity contribution in [3.8, 4) is 5.75 Å². The van der Waals surface area contributed by atoms with Gasteiger partial charge in [-0.05, 0) is 43.6 Å². The molecule has 0 bridgehead atoms. The number of ether oxygens (including phenoxy) is 2. The van der Waals surface area contributed by atoms with Gasteiger partial charge in [-0.25, -0.2) is 9.48 Å². The number of hydrogen-bond donors (Lipinski definition) is 2. The van der Waals surface area contributed by atoms with E-state index in [0.29, 0.717) is 18.0 Å². The first-order chi connectivity index (χ1) is 13.2. The third-order valence-corrected chi connectivity index (χ3v) is 4.36. The standard InChI is InChI=1S/C18H23N5O4.ClH/c1-26-17(24)12-27-15-4-2-3-13(9-15)10-20-18(25)16-11-23(22-21-16)14-5-7-19-8-6-14;/h2-4,9,11,14,19H,5-8,10,12H2,1H3,(H,20,25);1H. The molecule has 0 spiro atoms. The number of hydrogen-bond acceptors (Lipinski definition) is 7.